The molecule has 2 heterocycles. The van der Waals surface area contributed by atoms with E-state index >= 15 is 0 Å². The molecule has 0 amide bonds. The van der Waals surface area contributed by atoms with Crippen molar-refractivity contribution in [2.24, 2.45) is 0 Å². The summed E-state index contributed by atoms with van der Waals surface area (Å²) in [7, 11) is 0. The molecule has 2 aromatic heterocycles. The number of aryl methyl sites for hydroxylation is 1. The third-order valence-electron chi connectivity index (χ3n) is 2.09. The zero-order valence-corrected chi connectivity index (χ0v) is 9.50. The number of nitrogens with one attached hydrogen (secondary N) is 1. The van der Waals surface area contributed by atoms with Crippen molar-refractivity contribution in [3.8, 4) is 0 Å². The van der Waals surface area contributed by atoms with E-state index in [4.69, 9.17) is 0 Å². The summed E-state index contributed by atoms with van der Waals surface area (Å²) >= 11 is 1.61. The lowest BCUT2D eigenvalue weighted by Crippen LogP contribution is -2.07. The summed E-state index contributed by atoms with van der Waals surface area (Å²) in [5.41, 5.74) is 2.90. The van der Waals surface area contributed by atoms with Gasteiger partial charge in [-0.1, -0.05) is 6.92 Å². The van der Waals surface area contributed by atoms with Gasteiger partial charge in [0.25, 0.3) is 0 Å². The lowest BCUT2D eigenvalue weighted by atomic mass is 10.5. The first-order valence-electron chi connectivity index (χ1n) is 5.02. The van der Waals surface area contributed by atoms with E-state index in [9.17, 15) is 0 Å². The Morgan fingerprint density at radius 2 is 2.40 bits per heavy atom. The van der Waals surface area contributed by atoms with Gasteiger partial charge < -0.3 is 9.88 Å². The van der Waals surface area contributed by atoms with Gasteiger partial charge in [-0.2, -0.15) is 0 Å². The minimum atomic E-state index is 0.740. The van der Waals surface area contributed by atoms with E-state index in [-0.39, 0.29) is 0 Å². The van der Waals surface area contributed by atoms with Gasteiger partial charge in [-0.25, -0.2) is 9.97 Å². The molecule has 0 aliphatic heterocycles. The highest BCUT2D eigenvalue weighted by atomic mass is 32.1. The lowest BCUT2D eigenvalue weighted by molar-refractivity contribution is 0.681. The van der Waals surface area contributed by atoms with Crippen LogP contribution in [0.1, 0.15) is 19.0 Å². The minimum absolute atomic E-state index is 0.740. The molecule has 0 spiro atoms. The van der Waals surface area contributed by atoms with Gasteiger partial charge >= 0.3 is 0 Å². The Bertz CT molecular complexity index is 393. The van der Waals surface area contributed by atoms with Crippen molar-refractivity contribution in [1.82, 2.24) is 14.5 Å². The van der Waals surface area contributed by atoms with E-state index in [0.29, 0.717) is 0 Å². The van der Waals surface area contributed by atoms with Gasteiger partial charge in [-0.3, -0.25) is 0 Å². The molecule has 0 bridgehead atoms. The van der Waals surface area contributed by atoms with Crippen LogP contribution in [0.25, 0.3) is 0 Å². The molecule has 0 aliphatic rings. The van der Waals surface area contributed by atoms with E-state index < -0.39 is 0 Å². The van der Waals surface area contributed by atoms with Gasteiger partial charge in [-0.05, 0) is 6.42 Å². The van der Waals surface area contributed by atoms with Crippen molar-refractivity contribution in [1.29, 1.82) is 0 Å². The molecule has 0 saturated heterocycles. The molecular weight excluding hydrogens is 208 g/mol. The molecule has 0 fully saturated rings. The number of rotatable bonds is 5. The average Bonchev–Trinajstić information content (AvgIpc) is 2.85. The molecule has 0 saturated carbocycles. The third kappa shape index (κ3) is 2.56. The summed E-state index contributed by atoms with van der Waals surface area (Å²) in [5, 5.41) is 5.32. The quantitative estimate of drug-likeness (QED) is 0.844. The van der Waals surface area contributed by atoms with Crippen molar-refractivity contribution in [3.05, 3.63) is 29.0 Å². The highest BCUT2D eigenvalue weighted by Crippen LogP contribution is 2.08. The molecule has 2 aromatic rings. The van der Waals surface area contributed by atoms with Gasteiger partial charge in [0.05, 0.1) is 17.7 Å². The normalized spacial score (nSPS) is 10.5. The summed E-state index contributed by atoms with van der Waals surface area (Å²) in [6, 6.07) is 0. The number of anilines is 1. The summed E-state index contributed by atoms with van der Waals surface area (Å²) in [5.74, 6) is 0.921. The molecule has 1 N–H and O–H groups in total. The predicted octanol–water partition coefficient (Wildman–Crippen LogP) is 2.36. The second kappa shape index (κ2) is 4.93. The Kier molecular flexibility index (Phi) is 3.34. The third-order valence-corrected chi connectivity index (χ3v) is 2.73. The number of aromatic nitrogens is 3. The number of hydrogen-bond acceptors (Lipinski definition) is 4. The maximum atomic E-state index is 4.26. The van der Waals surface area contributed by atoms with Crippen LogP contribution >= 0.6 is 11.3 Å². The predicted molar refractivity (Wildman–Crippen MR) is 62.0 cm³/mol. The Labute approximate surface area is 93.0 Å². The standard InChI is InChI=1S/C10H14N4S/c1-2-4-14-5-3-11-10(14)12-6-9-7-15-8-13-9/h3,5,7-8H,2,4,6H2,1H3,(H,11,12). The lowest BCUT2D eigenvalue weighted by Gasteiger charge is -2.07. The van der Waals surface area contributed by atoms with Crippen LogP contribution in [0, 0.1) is 0 Å². The summed E-state index contributed by atoms with van der Waals surface area (Å²) in [6.45, 7) is 3.90. The number of hydrogen-bond donors (Lipinski definition) is 1. The molecule has 0 radical (unpaired) electrons. The van der Waals surface area contributed by atoms with Gasteiger partial charge in [-0.15, -0.1) is 11.3 Å². The summed E-state index contributed by atoms with van der Waals surface area (Å²) < 4.78 is 2.12. The maximum Gasteiger partial charge on any atom is 0.203 e. The Balaban J connectivity index is 1.95. The van der Waals surface area contributed by atoms with Crippen LogP contribution in [0.2, 0.25) is 0 Å². The molecular formula is C10H14N4S. The van der Waals surface area contributed by atoms with Crippen molar-refractivity contribution in [3.63, 3.8) is 0 Å². The van der Waals surface area contributed by atoms with E-state index in [1.54, 1.807) is 11.3 Å². The Hall–Kier alpha value is -1.36. The highest BCUT2D eigenvalue weighted by molar-refractivity contribution is 7.07. The van der Waals surface area contributed by atoms with Crippen molar-refractivity contribution in [2.75, 3.05) is 5.32 Å². The van der Waals surface area contributed by atoms with Crippen LogP contribution in [0.3, 0.4) is 0 Å². The molecule has 0 aliphatic carbocycles. The monoisotopic (exact) mass is 222 g/mol. The summed E-state index contributed by atoms with van der Waals surface area (Å²) in [4.78, 5) is 8.47. The maximum absolute atomic E-state index is 4.26. The van der Waals surface area contributed by atoms with E-state index in [0.717, 1.165) is 31.2 Å². The number of imidazole rings is 1. The SMILES string of the molecule is CCCn1ccnc1NCc1cscn1. The molecule has 4 nitrogen and oxygen atoms in total. The number of thiazole rings is 1. The molecule has 80 valence electrons. The van der Waals surface area contributed by atoms with Crippen molar-refractivity contribution >= 4 is 17.3 Å². The van der Waals surface area contributed by atoms with E-state index in [1.165, 1.54) is 0 Å². The summed E-state index contributed by atoms with van der Waals surface area (Å²) in [6.07, 6.45) is 4.92. The molecule has 0 aromatic carbocycles. The molecule has 15 heavy (non-hydrogen) atoms. The molecule has 5 heteroatoms. The minimum Gasteiger partial charge on any atom is -0.350 e. The zero-order valence-electron chi connectivity index (χ0n) is 8.68. The van der Waals surface area contributed by atoms with Gasteiger partial charge in [0.2, 0.25) is 5.95 Å². The van der Waals surface area contributed by atoms with Crippen molar-refractivity contribution in [2.45, 2.75) is 26.4 Å². The van der Waals surface area contributed by atoms with Crippen LogP contribution in [0.15, 0.2) is 23.3 Å². The smallest absolute Gasteiger partial charge is 0.203 e. The zero-order chi connectivity index (χ0) is 10.5. The first-order valence-corrected chi connectivity index (χ1v) is 5.96. The average molecular weight is 222 g/mol. The van der Waals surface area contributed by atoms with E-state index in [1.807, 2.05) is 23.3 Å². The molecule has 0 atom stereocenters. The second-order valence-corrected chi connectivity index (χ2v) is 4.00. The van der Waals surface area contributed by atoms with Crippen LogP contribution in [0.4, 0.5) is 5.95 Å². The van der Waals surface area contributed by atoms with Crippen LogP contribution < -0.4 is 5.32 Å². The molecule has 0 unspecified atom stereocenters. The van der Waals surface area contributed by atoms with E-state index in [2.05, 4.69) is 26.8 Å². The highest BCUT2D eigenvalue weighted by Gasteiger charge is 2.01. The van der Waals surface area contributed by atoms with Gasteiger partial charge in [0, 0.05) is 24.3 Å². The fourth-order valence-electron chi connectivity index (χ4n) is 1.39. The largest absolute Gasteiger partial charge is 0.350 e. The fraction of sp³-hybridized carbons (Fsp3) is 0.400. The Morgan fingerprint density at radius 1 is 1.47 bits per heavy atom. The second-order valence-electron chi connectivity index (χ2n) is 3.28. The van der Waals surface area contributed by atoms with Crippen molar-refractivity contribution < 1.29 is 0 Å². The Morgan fingerprint density at radius 3 is 3.13 bits per heavy atom. The first-order chi connectivity index (χ1) is 7.40. The van der Waals surface area contributed by atoms with Gasteiger partial charge in [0.1, 0.15) is 0 Å². The number of nitrogens with zero attached hydrogens (tertiary/aromatic N) is 3. The van der Waals surface area contributed by atoms with Crippen LogP contribution in [0.5, 0.6) is 0 Å². The molecule has 2 rings (SSSR count). The van der Waals surface area contributed by atoms with Crippen LogP contribution in [-0.2, 0) is 13.1 Å². The topological polar surface area (TPSA) is 42.7 Å². The fourth-order valence-corrected chi connectivity index (χ4v) is 1.95. The van der Waals surface area contributed by atoms with Crippen LogP contribution in [-0.4, -0.2) is 14.5 Å². The first kappa shape index (κ1) is 10.2. The van der Waals surface area contributed by atoms with Gasteiger partial charge in [0.15, 0.2) is 0 Å².